The summed E-state index contributed by atoms with van der Waals surface area (Å²) in [6.45, 7) is 3.86. The van der Waals surface area contributed by atoms with Crippen LogP contribution in [0.3, 0.4) is 0 Å². The number of carbonyl (C=O) groups excluding carboxylic acids is 2. The largest absolute Gasteiger partial charge is 0.340 e. The van der Waals surface area contributed by atoms with E-state index in [0.29, 0.717) is 27.0 Å². The van der Waals surface area contributed by atoms with Gasteiger partial charge in [0.25, 0.3) is 17.5 Å². The Morgan fingerprint density at radius 2 is 1.90 bits per heavy atom. The third kappa shape index (κ3) is 6.93. The second-order valence-electron chi connectivity index (χ2n) is 6.86. The molecule has 0 aromatic heterocycles. The van der Waals surface area contributed by atoms with Gasteiger partial charge in [0, 0.05) is 22.2 Å². The molecule has 2 N–H and O–H groups in total. The van der Waals surface area contributed by atoms with Crippen LogP contribution in [-0.4, -0.2) is 29.0 Å². The zero-order valence-electron chi connectivity index (χ0n) is 16.3. The summed E-state index contributed by atoms with van der Waals surface area (Å²) in [6.07, 6.45) is 1.70. The fourth-order valence-electron chi connectivity index (χ4n) is 2.54. The third-order valence-corrected chi connectivity index (χ3v) is 4.91. The van der Waals surface area contributed by atoms with Gasteiger partial charge in [0.1, 0.15) is 6.04 Å². The summed E-state index contributed by atoms with van der Waals surface area (Å²) in [5.41, 5.74) is 3.09. The number of amides is 2. The van der Waals surface area contributed by atoms with Crippen molar-refractivity contribution in [3.63, 3.8) is 0 Å². The van der Waals surface area contributed by atoms with E-state index in [9.17, 15) is 19.7 Å². The van der Waals surface area contributed by atoms with Crippen molar-refractivity contribution in [2.45, 2.75) is 26.3 Å². The summed E-state index contributed by atoms with van der Waals surface area (Å²) < 4.78 is 0.343. The third-order valence-electron chi connectivity index (χ3n) is 3.99. The lowest BCUT2D eigenvalue weighted by atomic mass is 10.0. The molecule has 2 aromatic rings. The molecule has 2 rings (SSSR count). The van der Waals surface area contributed by atoms with Crippen LogP contribution in [-0.2, 0) is 4.79 Å². The maximum atomic E-state index is 12.5. The molecule has 8 nitrogen and oxygen atoms in total. The number of benzene rings is 2. The molecule has 0 fully saturated rings. The molecule has 2 aromatic carbocycles. The van der Waals surface area contributed by atoms with E-state index in [-0.39, 0.29) is 11.6 Å². The molecule has 0 aliphatic heterocycles. The van der Waals surface area contributed by atoms with E-state index in [1.54, 1.807) is 30.3 Å². The zero-order chi connectivity index (χ0) is 22.3. The van der Waals surface area contributed by atoms with Gasteiger partial charge in [-0.05, 0) is 58.6 Å². The van der Waals surface area contributed by atoms with E-state index in [1.807, 2.05) is 13.8 Å². The van der Waals surface area contributed by atoms with Crippen LogP contribution in [0.4, 0.5) is 5.69 Å². The quantitative estimate of drug-likeness (QED) is 0.323. The molecule has 1 unspecified atom stereocenters. The molecule has 0 bridgehead atoms. The van der Waals surface area contributed by atoms with Gasteiger partial charge < -0.3 is 5.32 Å². The molecule has 0 heterocycles. The van der Waals surface area contributed by atoms with Crippen molar-refractivity contribution in [1.29, 1.82) is 0 Å². The molecular formula is C20H20BrClN4O4. The average Bonchev–Trinajstić information content (AvgIpc) is 2.68. The lowest BCUT2D eigenvalue weighted by Crippen LogP contribution is -2.46. The highest BCUT2D eigenvalue weighted by molar-refractivity contribution is 9.10. The van der Waals surface area contributed by atoms with Crippen molar-refractivity contribution in [3.05, 3.63) is 73.2 Å². The Kier molecular flexibility index (Phi) is 8.49. The van der Waals surface area contributed by atoms with Crippen LogP contribution in [0.5, 0.6) is 0 Å². The molecule has 0 saturated carbocycles. The molecule has 30 heavy (non-hydrogen) atoms. The van der Waals surface area contributed by atoms with E-state index in [4.69, 9.17) is 11.6 Å². The summed E-state index contributed by atoms with van der Waals surface area (Å²) in [4.78, 5) is 35.5. The predicted octanol–water partition coefficient (Wildman–Crippen LogP) is 4.31. The first-order valence-corrected chi connectivity index (χ1v) is 10.2. The number of halogens is 2. The molecular weight excluding hydrogens is 476 g/mol. The number of hydrazone groups is 1. The highest BCUT2D eigenvalue weighted by Crippen LogP contribution is 2.24. The Morgan fingerprint density at radius 1 is 1.23 bits per heavy atom. The lowest BCUT2D eigenvalue weighted by Gasteiger charge is -2.19. The standard InChI is InChI=1S/C20H20BrClN4O4/c1-12(2)9-17(24-19(27)14-4-6-15(22)7-5-14)20(28)25-23-11-13-3-8-16(21)18(10-13)26(29)30/h3-8,10-12,17H,9H2,1-2H3,(H,24,27)(H,25,28)/b23-11+. The second kappa shape index (κ2) is 10.8. The number of carbonyl (C=O) groups is 2. The van der Waals surface area contributed by atoms with Crippen LogP contribution in [0.1, 0.15) is 36.2 Å². The number of hydrogen-bond acceptors (Lipinski definition) is 5. The van der Waals surface area contributed by atoms with E-state index in [1.165, 1.54) is 18.3 Å². The Labute approximate surface area is 187 Å². The number of nitro groups is 1. The molecule has 0 radical (unpaired) electrons. The van der Waals surface area contributed by atoms with Gasteiger partial charge in [-0.25, -0.2) is 5.43 Å². The van der Waals surface area contributed by atoms with Crippen molar-refractivity contribution >= 4 is 51.2 Å². The maximum Gasteiger partial charge on any atom is 0.284 e. The van der Waals surface area contributed by atoms with Gasteiger partial charge in [0.05, 0.1) is 15.6 Å². The number of rotatable bonds is 8. The fourth-order valence-corrected chi connectivity index (χ4v) is 3.06. The molecule has 10 heteroatoms. The molecule has 0 aliphatic carbocycles. The van der Waals surface area contributed by atoms with Gasteiger partial charge in [0.15, 0.2) is 0 Å². The summed E-state index contributed by atoms with van der Waals surface area (Å²) >= 11 is 8.94. The zero-order valence-corrected chi connectivity index (χ0v) is 18.6. The first kappa shape index (κ1) is 23.5. The van der Waals surface area contributed by atoms with Gasteiger partial charge in [-0.2, -0.15) is 5.10 Å². The van der Waals surface area contributed by atoms with Crippen LogP contribution in [0.25, 0.3) is 0 Å². The lowest BCUT2D eigenvalue weighted by molar-refractivity contribution is -0.385. The van der Waals surface area contributed by atoms with Crippen molar-refractivity contribution in [2.24, 2.45) is 11.0 Å². The molecule has 1 atom stereocenters. The minimum absolute atomic E-state index is 0.113. The minimum Gasteiger partial charge on any atom is -0.340 e. The van der Waals surface area contributed by atoms with Crippen molar-refractivity contribution < 1.29 is 14.5 Å². The van der Waals surface area contributed by atoms with E-state index in [2.05, 4.69) is 31.8 Å². The summed E-state index contributed by atoms with van der Waals surface area (Å²) in [6, 6.07) is 9.99. The summed E-state index contributed by atoms with van der Waals surface area (Å²) in [7, 11) is 0. The highest BCUT2D eigenvalue weighted by Gasteiger charge is 2.22. The molecule has 2 amide bonds. The molecule has 0 saturated heterocycles. The Balaban J connectivity index is 2.07. The van der Waals surface area contributed by atoms with Gasteiger partial charge in [0.2, 0.25) is 0 Å². The smallest absolute Gasteiger partial charge is 0.284 e. The fraction of sp³-hybridized carbons (Fsp3) is 0.250. The first-order chi connectivity index (χ1) is 14.2. The van der Waals surface area contributed by atoms with Crippen LogP contribution in [0.15, 0.2) is 52.0 Å². The highest BCUT2D eigenvalue weighted by atomic mass is 79.9. The molecule has 158 valence electrons. The van der Waals surface area contributed by atoms with Gasteiger partial charge in [-0.3, -0.25) is 19.7 Å². The van der Waals surface area contributed by atoms with E-state index in [0.717, 1.165) is 0 Å². The monoisotopic (exact) mass is 494 g/mol. The second-order valence-corrected chi connectivity index (χ2v) is 8.16. The van der Waals surface area contributed by atoms with Crippen molar-refractivity contribution in [1.82, 2.24) is 10.7 Å². The van der Waals surface area contributed by atoms with E-state index < -0.39 is 22.8 Å². The minimum atomic E-state index is -0.801. The Bertz CT molecular complexity index is 964. The van der Waals surface area contributed by atoms with Crippen LogP contribution >= 0.6 is 27.5 Å². The van der Waals surface area contributed by atoms with Crippen LogP contribution < -0.4 is 10.7 Å². The van der Waals surface area contributed by atoms with Crippen molar-refractivity contribution in [3.8, 4) is 0 Å². The molecule has 0 aliphatic rings. The number of nitrogens with zero attached hydrogens (tertiary/aromatic N) is 2. The topological polar surface area (TPSA) is 114 Å². The average molecular weight is 496 g/mol. The van der Waals surface area contributed by atoms with Crippen LogP contribution in [0, 0.1) is 16.0 Å². The normalized spacial score (nSPS) is 12.0. The van der Waals surface area contributed by atoms with Crippen LogP contribution in [0.2, 0.25) is 5.02 Å². The number of nitro benzene ring substituents is 1. The summed E-state index contributed by atoms with van der Waals surface area (Å²) in [5.74, 6) is -0.752. The molecule has 0 spiro atoms. The van der Waals surface area contributed by atoms with E-state index >= 15 is 0 Å². The number of nitrogens with one attached hydrogen (secondary N) is 2. The number of hydrogen-bond donors (Lipinski definition) is 2. The van der Waals surface area contributed by atoms with Crippen molar-refractivity contribution in [2.75, 3.05) is 0 Å². The van der Waals surface area contributed by atoms with Gasteiger partial charge >= 0.3 is 0 Å². The SMILES string of the molecule is CC(C)CC(NC(=O)c1ccc(Cl)cc1)C(=O)N/N=C/c1ccc(Br)c([N+](=O)[O-])c1. The predicted molar refractivity (Wildman–Crippen MR) is 119 cm³/mol. The van der Waals surface area contributed by atoms with Gasteiger partial charge in [-0.1, -0.05) is 31.5 Å². The Hall–Kier alpha value is -2.78. The van der Waals surface area contributed by atoms with Gasteiger partial charge in [-0.15, -0.1) is 0 Å². The maximum absolute atomic E-state index is 12.5. The Morgan fingerprint density at radius 3 is 2.50 bits per heavy atom. The first-order valence-electron chi connectivity index (χ1n) is 9.00. The summed E-state index contributed by atoms with van der Waals surface area (Å²) in [5, 5.41) is 18.1.